The van der Waals surface area contributed by atoms with E-state index >= 15 is 0 Å². The number of rotatable bonds is 8. The molecule has 0 heterocycles. The van der Waals surface area contributed by atoms with E-state index in [-0.39, 0.29) is 35.7 Å². The molecule has 0 fully saturated rings. The van der Waals surface area contributed by atoms with Gasteiger partial charge in [0.15, 0.2) is 0 Å². The Balaban J connectivity index is 2.56. The fourth-order valence-corrected chi connectivity index (χ4v) is 2.46. The van der Waals surface area contributed by atoms with Gasteiger partial charge in [0, 0.05) is 25.0 Å². The molecular formula is C18H16N2O5. The van der Waals surface area contributed by atoms with Crippen LogP contribution in [0.15, 0.2) is 61.7 Å². The highest BCUT2D eigenvalue weighted by atomic mass is 16.6. The lowest BCUT2D eigenvalue weighted by Gasteiger charge is -2.13. The molecule has 0 N–H and O–H groups in total. The summed E-state index contributed by atoms with van der Waals surface area (Å²) in [6, 6.07) is 8.94. The number of nitro benzene ring substituents is 2. The van der Waals surface area contributed by atoms with Crippen molar-refractivity contribution in [1.29, 1.82) is 0 Å². The highest BCUT2D eigenvalue weighted by Gasteiger charge is 2.21. The van der Waals surface area contributed by atoms with Gasteiger partial charge in [-0.3, -0.25) is 20.2 Å². The Labute approximate surface area is 144 Å². The Morgan fingerprint density at radius 1 is 0.840 bits per heavy atom. The number of benzene rings is 2. The molecule has 0 aromatic heterocycles. The molecule has 0 amide bonds. The van der Waals surface area contributed by atoms with Crippen molar-refractivity contribution in [1.82, 2.24) is 0 Å². The van der Waals surface area contributed by atoms with E-state index in [2.05, 4.69) is 13.2 Å². The van der Waals surface area contributed by atoms with E-state index in [1.165, 1.54) is 36.4 Å². The molecule has 0 atom stereocenters. The van der Waals surface area contributed by atoms with Gasteiger partial charge in [-0.2, -0.15) is 0 Å². The van der Waals surface area contributed by atoms with Crippen molar-refractivity contribution in [3.8, 4) is 11.5 Å². The van der Waals surface area contributed by atoms with Gasteiger partial charge in [-0.25, -0.2) is 0 Å². The summed E-state index contributed by atoms with van der Waals surface area (Å²) in [6.45, 7) is 7.22. The largest absolute Gasteiger partial charge is 0.456 e. The average Bonchev–Trinajstić information content (AvgIpc) is 2.57. The van der Waals surface area contributed by atoms with Crippen LogP contribution < -0.4 is 4.74 Å². The van der Waals surface area contributed by atoms with Crippen molar-refractivity contribution >= 4 is 11.4 Å². The van der Waals surface area contributed by atoms with Crippen LogP contribution in [0.25, 0.3) is 0 Å². The van der Waals surface area contributed by atoms with Crippen LogP contribution in [0.5, 0.6) is 11.5 Å². The van der Waals surface area contributed by atoms with Crippen LogP contribution in [0.1, 0.15) is 11.1 Å². The van der Waals surface area contributed by atoms with E-state index in [1.807, 2.05) is 0 Å². The lowest BCUT2D eigenvalue weighted by Crippen LogP contribution is -2.01. The fourth-order valence-electron chi connectivity index (χ4n) is 2.46. The number of nitro groups is 2. The molecule has 2 rings (SSSR count). The Morgan fingerprint density at radius 2 is 1.24 bits per heavy atom. The number of allylic oxidation sites excluding steroid dienone is 2. The lowest BCUT2D eigenvalue weighted by atomic mass is 10.1. The minimum absolute atomic E-state index is 0.0897. The monoisotopic (exact) mass is 340 g/mol. The second-order valence-electron chi connectivity index (χ2n) is 5.11. The fraction of sp³-hybridized carbons (Fsp3) is 0.111. The molecule has 0 saturated carbocycles. The minimum Gasteiger partial charge on any atom is -0.456 e. The molecule has 2 aromatic carbocycles. The molecule has 0 saturated heterocycles. The molecule has 7 nitrogen and oxygen atoms in total. The van der Waals surface area contributed by atoms with E-state index < -0.39 is 9.85 Å². The summed E-state index contributed by atoms with van der Waals surface area (Å²) in [5.41, 5.74) is 0.540. The Kier molecular flexibility index (Phi) is 5.62. The SMILES string of the molecule is C=CCc1c(Oc2cccc([N+](=O)[O-])c2CC=C)cccc1[N+](=O)[O-]. The van der Waals surface area contributed by atoms with Crippen molar-refractivity contribution in [3.05, 3.63) is 93.1 Å². The summed E-state index contributed by atoms with van der Waals surface area (Å²) in [7, 11) is 0. The van der Waals surface area contributed by atoms with E-state index in [1.54, 1.807) is 12.1 Å². The second kappa shape index (κ2) is 7.87. The third-order valence-electron chi connectivity index (χ3n) is 3.53. The van der Waals surface area contributed by atoms with E-state index in [4.69, 9.17) is 4.74 Å². The maximum atomic E-state index is 11.2. The molecule has 0 aliphatic rings. The maximum absolute atomic E-state index is 11.2. The predicted octanol–water partition coefficient (Wildman–Crippen LogP) is 4.75. The van der Waals surface area contributed by atoms with Crippen molar-refractivity contribution in [3.63, 3.8) is 0 Å². The van der Waals surface area contributed by atoms with E-state index in [9.17, 15) is 20.2 Å². The summed E-state index contributed by atoms with van der Waals surface area (Å²) < 4.78 is 5.82. The summed E-state index contributed by atoms with van der Waals surface area (Å²) in [5.74, 6) is 0.528. The lowest BCUT2D eigenvalue weighted by molar-refractivity contribution is -0.385. The zero-order valence-corrected chi connectivity index (χ0v) is 13.4. The van der Waals surface area contributed by atoms with Gasteiger partial charge in [0.05, 0.1) is 21.0 Å². The second-order valence-corrected chi connectivity index (χ2v) is 5.11. The predicted molar refractivity (Wildman–Crippen MR) is 94.1 cm³/mol. The molecule has 0 unspecified atom stereocenters. The van der Waals surface area contributed by atoms with Gasteiger partial charge in [0.1, 0.15) is 11.5 Å². The number of hydrogen-bond donors (Lipinski definition) is 0. The number of nitrogens with zero attached hydrogens (tertiary/aromatic N) is 2. The van der Waals surface area contributed by atoms with Crippen LogP contribution in [0.2, 0.25) is 0 Å². The quantitative estimate of drug-likeness (QED) is 0.392. The first-order valence-electron chi connectivity index (χ1n) is 7.41. The van der Waals surface area contributed by atoms with Crippen molar-refractivity contribution in [2.75, 3.05) is 0 Å². The smallest absolute Gasteiger partial charge is 0.276 e. The zero-order chi connectivity index (χ0) is 18.4. The zero-order valence-electron chi connectivity index (χ0n) is 13.4. The summed E-state index contributed by atoms with van der Waals surface area (Å²) in [4.78, 5) is 21.5. The molecule has 7 heteroatoms. The van der Waals surface area contributed by atoms with Gasteiger partial charge >= 0.3 is 0 Å². The molecule has 25 heavy (non-hydrogen) atoms. The van der Waals surface area contributed by atoms with Gasteiger partial charge in [-0.1, -0.05) is 24.3 Å². The van der Waals surface area contributed by atoms with Gasteiger partial charge in [-0.15, -0.1) is 13.2 Å². The summed E-state index contributed by atoms with van der Waals surface area (Å²) in [6.07, 6.45) is 3.54. The van der Waals surface area contributed by atoms with Gasteiger partial charge in [-0.05, 0) is 12.1 Å². The van der Waals surface area contributed by atoms with Crippen molar-refractivity contribution < 1.29 is 14.6 Å². The first kappa shape index (κ1) is 17.9. The standard InChI is InChI=1S/C18H16N2O5/c1-3-7-13-15(19(21)22)9-5-11-17(13)25-18-12-6-10-16(20(23)24)14(18)8-4-2/h3-6,9-12H,1-2,7-8H2. The van der Waals surface area contributed by atoms with E-state index in [0.717, 1.165) is 0 Å². The van der Waals surface area contributed by atoms with Crippen molar-refractivity contribution in [2.24, 2.45) is 0 Å². The van der Waals surface area contributed by atoms with Crippen LogP contribution in [-0.4, -0.2) is 9.85 Å². The van der Waals surface area contributed by atoms with Crippen LogP contribution in [-0.2, 0) is 12.8 Å². The summed E-state index contributed by atoms with van der Waals surface area (Å²) in [5, 5.41) is 22.5. The van der Waals surface area contributed by atoms with Gasteiger partial charge in [0.25, 0.3) is 11.4 Å². The molecule has 2 aromatic rings. The molecule has 128 valence electrons. The first-order valence-corrected chi connectivity index (χ1v) is 7.41. The molecule has 0 bridgehead atoms. The van der Waals surface area contributed by atoms with Crippen LogP contribution in [0, 0.1) is 20.2 Å². The third-order valence-corrected chi connectivity index (χ3v) is 3.53. The molecular weight excluding hydrogens is 324 g/mol. The number of hydrogen-bond acceptors (Lipinski definition) is 5. The van der Waals surface area contributed by atoms with E-state index in [0.29, 0.717) is 11.1 Å². The maximum Gasteiger partial charge on any atom is 0.276 e. The normalized spacial score (nSPS) is 10.1. The minimum atomic E-state index is -0.496. The Hall–Kier alpha value is -3.48. The van der Waals surface area contributed by atoms with Crippen LogP contribution in [0.3, 0.4) is 0 Å². The average molecular weight is 340 g/mol. The van der Waals surface area contributed by atoms with Gasteiger partial charge < -0.3 is 4.74 Å². The molecule has 0 aliphatic carbocycles. The third kappa shape index (κ3) is 3.89. The van der Waals surface area contributed by atoms with Crippen molar-refractivity contribution in [2.45, 2.75) is 12.8 Å². The number of ether oxygens (including phenoxy) is 1. The van der Waals surface area contributed by atoms with Crippen LogP contribution >= 0.6 is 0 Å². The highest BCUT2D eigenvalue weighted by Crippen LogP contribution is 2.36. The molecule has 0 radical (unpaired) electrons. The Bertz CT molecular complexity index is 776. The highest BCUT2D eigenvalue weighted by molar-refractivity contribution is 5.55. The van der Waals surface area contributed by atoms with Crippen LogP contribution in [0.4, 0.5) is 11.4 Å². The van der Waals surface area contributed by atoms with Gasteiger partial charge in [0.2, 0.25) is 0 Å². The molecule has 0 aliphatic heterocycles. The topological polar surface area (TPSA) is 95.5 Å². The Morgan fingerprint density at radius 3 is 1.56 bits per heavy atom. The first-order chi connectivity index (χ1) is 12.0. The summed E-state index contributed by atoms with van der Waals surface area (Å²) >= 11 is 0. The molecule has 0 spiro atoms.